The van der Waals surface area contributed by atoms with Crippen molar-refractivity contribution in [3.63, 3.8) is 0 Å². The molecule has 228 valence electrons. The van der Waals surface area contributed by atoms with Gasteiger partial charge < -0.3 is 10.1 Å². The zero-order chi connectivity index (χ0) is 31.2. The van der Waals surface area contributed by atoms with Gasteiger partial charge in [0.1, 0.15) is 5.75 Å². The molecule has 0 saturated carbocycles. The Hall–Kier alpha value is -4.80. The van der Waals surface area contributed by atoms with Gasteiger partial charge in [0.25, 0.3) is 11.8 Å². The van der Waals surface area contributed by atoms with E-state index in [0.29, 0.717) is 24.3 Å². The van der Waals surface area contributed by atoms with Crippen molar-refractivity contribution in [2.24, 2.45) is 5.10 Å². The van der Waals surface area contributed by atoms with Gasteiger partial charge in [-0.3, -0.25) is 9.59 Å². The second-order valence-corrected chi connectivity index (χ2v) is 12.1. The lowest BCUT2D eigenvalue weighted by molar-refractivity contribution is -0.123. The van der Waals surface area contributed by atoms with Gasteiger partial charge in [-0.2, -0.15) is 9.41 Å². The maximum atomic E-state index is 13.4. The van der Waals surface area contributed by atoms with Crippen LogP contribution in [0.5, 0.6) is 5.75 Å². The van der Waals surface area contributed by atoms with E-state index in [-0.39, 0.29) is 30.5 Å². The fourth-order valence-electron chi connectivity index (χ4n) is 4.26. The lowest BCUT2D eigenvalue weighted by Crippen LogP contribution is -2.40. The van der Waals surface area contributed by atoms with E-state index in [1.807, 2.05) is 67.6 Å². The molecule has 9 nitrogen and oxygen atoms in total. The van der Waals surface area contributed by atoms with E-state index in [1.165, 1.54) is 10.5 Å². The number of nitrogens with one attached hydrogen (secondary N) is 2. The molecule has 0 aliphatic heterocycles. The summed E-state index contributed by atoms with van der Waals surface area (Å²) in [6.45, 7) is 2.04. The molecule has 2 amide bonds. The van der Waals surface area contributed by atoms with Gasteiger partial charge in [0.2, 0.25) is 10.0 Å². The van der Waals surface area contributed by atoms with Crippen molar-refractivity contribution in [3.8, 4) is 5.75 Å². The average Bonchev–Trinajstić information content (AvgIpc) is 3.04. The van der Waals surface area contributed by atoms with Crippen molar-refractivity contribution in [1.82, 2.24) is 15.0 Å². The van der Waals surface area contributed by atoms with Gasteiger partial charge in [0, 0.05) is 13.1 Å². The Morgan fingerprint density at radius 3 is 2.05 bits per heavy atom. The second kappa shape index (κ2) is 16.2. The average molecular weight is 613 g/mol. The van der Waals surface area contributed by atoms with Gasteiger partial charge in [-0.25, -0.2) is 13.8 Å². The third kappa shape index (κ3) is 10.2. The van der Waals surface area contributed by atoms with Gasteiger partial charge in [-0.15, -0.1) is 0 Å². The molecule has 44 heavy (non-hydrogen) atoms. The molecule has 2 N–H and O–H groups in total. The molecule has 4 rings (SSSR count). The highest BCUT2D eigenvalue weighted by molar-refractivity contribution is 7.89. The van der Waals surface area contributed by atoms with E-state index in [1.54, 1.807) is 48.5 Å². The summed E-state index contributed by atoms with van der Waals surface area (Å²) in [7, 11) is -3.92. The summed E-state index contributed by atoms with van der Waals surface area (Å²) in [6.07, 6.45) is 2.64. The van der Waals surface area contributed by atoms with Crippen LogP contribution in [0.3, 0.4) is 0 Å². The summed E-state index contributed by atoms with van der Waals surface area (Å²) >= 11 is 0. The van der Waals surface area contributed by atoms with E-state index in [2.05, 4.69) is 15.8 Å². The first-order chi connectivity index (χ1) is 21.3. The topological polar surface area (TPSA) is 117 Å². The van der Waals surface area contributed by atoms with Crippen LogP contribution < -0.4 is 15.5 Å². The monoisotopic (exact) mass is 612 g/mol. The molecule has 0 saturated heterocycles. The summed E-state index contributed by atoms with van der Waals surface area (Å²) in [6, 6.07) is 32.8. The molecule has 4 aromatic carbocycles. The van der Waals surface area contributed by atoms with Crippen LogP contribution in [0.25, 0.3) is 0 Å². The molecule has 0 unspecified atom stereocenters. The predicted octanol–water partition coefficient (Wildman–Crippen LogP) is 4.12. The minimum absolute atomic E-state index is 0.107. The van der Waals surface area contributed by atoms with E-state index in [0.717, 1.165) is 23.1 Å². The minimum Gasteiger partial charge on any atom is -0.484 e. The third-order valence-electron chi connectivity index (χ3n) is 6.70. The van der Waals surface area contributed by atoms with Crippen molar-refractivity contribution >= 4 is 28.1 Å². The van der Waals surface area contributed by atoms with Crippen LogP contribution in [0, 0.1) is 6.92 Å². The summed E-state index contributed by atoms with van der Waals surface area (Å²) < 4.78 is 33.5. The number of rotatable bonds is 15. The second-order valence-electron chi connectivity index (χ2n) is 10.1. The zero-order valence-electron chi connectivity index (χ0n) is 24.6. The molecule has 0 heterocycles. The van der Waals surface area contributed by atoms with Gasteiger partial charge in [-0.05, 0) is 72.9 Å². The molecule has 0 aliphatic carbocycles. The molecule has 0 radical (unpaired) electrons. The lowest BCUT2D eigenvalue weighted by atomic mass is 10.1. The van der Waals surface area contributed by atoms with Crippen LogP contribution >= 0.6 is 0 Å². The van der Waals surface area contributed by atoms with E-state index >= 15 is 0 Å². The van der Waals surface area contributed by atoms with Gasteiger partial charge in [0.15, 0.2) is 6.61 Å². The highest BCUT2D eigenvalue weighted by atomic mass is 32.2. The molecule has 0 fully saturated rings. The number of nitrogens with zero attached hydrogens (tertiary/aromatic N) is 2. The number of hydrogen-bond donors (Lipinski definition) is 2. The molecular formula is C34H36N4O5S. The molecule has 0 spiro atoms. The minimum atomic E-state index is -3.92. The number of amides is 2. The Morgan fingerprint density at radius 2 is 1.41 bits per heavy atom. The first kappa shape index (κ1) is 32.1. The number of carbonyl (C=O) groups is 2. The lowest BCUT2D eigenvalue weighted by Gasteiger charge is -2.21. The highest BCUT2D eigenvalue weighted by Crippen LogP contribution is 2.17. The fraction of sp³-hybridized carbons (Fsp3) is 0.206. The molecule has 4 aromatic rings. The molecule has 10 heteroatoms. The Morgan fingerprint density at radius 1 is 0.795 bits per heavy atom. The zero-order valence-corrected chi connectivity index (χ0v) is 25.4. The number of hydrogen-bond acceptors (Lipinski definition) is 6. The summed E-state index contributed by atoms with van der Waals surface area (Å²) in [5.41, 5.74) is 6.15. The Kier molecular flexibility index (Phi) is 11.8. The molecule has 0 bridgehead atoms. The largest absolute Gasteiger partial charge is 0.484 e. The normalized spacial score (nSPS) is 11.4. The number of ether oxygens (including phenoxy) is 1. The van der Waals surface area contributed by atoms with Gasteiger partial charge >= 0.3 is 0 Å². The van der Waals surface area contributed by atoms with Crippen molar-refractivity contribution in [3.05, 3.63) is 131 Å². The molecule has 0 aliphatic rings. The van der Waals surface area contributed by atoms with E-state index < -0.39 is 15.9 Å². The van der Waals surface area contributed by atoms with Gasteiger partial charge in [0.05, 0.1) is 17.7 Å². The SMILES string of the molecule is Cc1ccc(S(=O)(=O)N(CCc2ccccc2)CC(=O)N/N=C/c2ccc(OCC(=O)NCCc3ccccc3)cc2)cc1. The van der Waals surface area contributed by atoms with Crippen molar-refractivity contribution in [2.45, 2.75) is 24.7 Å². The predicted molar refractivity (Wildman–Crippen MR) is 171 cm³/mol. The van der Waals surface area contributed by atoms with Crippen LogP contribution in [-0.2, 0) is 32.5 Å². The first-order valence-corrected chi connectivity index (χ1v) is 15.7. The summed E-state index contributed by atoms with van der Waals surface area (Å²) in [5, 5.41) is 6.83. The fourth-order valence-corrected chi connectivity index (χ4v) is 5.65. The van der Waals surface area contributed by atoms with E-state index in [9.17, 15) is 18.0 Å². The number of benzene rings is 4. The van der Waals surface area contributed by atoms with Gasteiger partial charge in [-0.1, -0.05) is 78.4 Å². The van der Waals surface area contributed by atoms with Crippen LogP contribution in [0.15, 0.2) is 119 Å². The maximum Gasteiger partial charge on any atom is 0.257 e. The third-order valence-corrected chi connectivity index (χ3v) is 8.56. The number of aryl methyl sites for hydroxylation is 1. The molecular weight excluding hydrogens is 576 g/mol. The quantitative estimate of drug-likeness (QED) is 0.155. The smallest absolute Gasteiger partial charge is 0.257 e. The number of carbonyl (C=O) groups excluding carboxylic acids is 2. The molecule has 0 atom stereocenters. The Bertz CT molecular complexity index is 1630. The van der Waals surface area contributed by atoms with Crippen molar-refractivity contribution in [2.75, 3.05) is 26.2 Å². The van der Waals surface area contributed by atoms with Crippen LogP contribution in [0.2, 0.25) is 0 Å². The summed E-state index contributed by atoms with van der Waals surface area (Å²) in [5.74, 6) is -0.264. The standard InChI is InChI=1S/C34H36N4O5S/c1-27-12-18-32(19-13-27)44(41,42)38(23-21-29-10-6-3-7-11-29)25-33(39)37-36-24-30-14-16-31(17-15-30)43-26-34(40)35-22-20-28-8-4-2-5-9-28/h2-19,24H,20-23,25-26H2,1H3,(H,35,40)(H,37,39)/b36-24+. The Labute approximate surface area is 258 Å². The number of hydrazone groups is 1. The summed E-state index contributed by atoms with van der Waals surface area (Å²) in [4.78, 5) is 25.0. The van der Waals surface area contributed by atoms with Crippen molar-refractivity contribution in [1.29, 1.82) is 0 Å². The van der Waals surface area contributed by atoms with Crippen LogP contribution in [-0.4, -0.2) is 57.0 Å². The van der Waals surface area contributed by atoms with Crippen LogP contribution in [0.4, 0.5) is 0 Å². The maximum absolute atomic E-state index is 13.4. The van der Waals surface area contributed by atoms with E-state index in [4.69, 9.17) is 4.74 Å². The Balaban J connectivity index is 1.27. The molecule has 0 aromatic heterocycles. The highest BCUT2D eigenvalue weighted by Gasteiger charge is 2.26. The van der Waals surface area contributed by atoms with Crippen molar-refractivity contribution < 1.29 is 22.7 Å². The number of sulfonamides is 1. The van der Waals surface area contributed by atoms with Crippen LogP contribution in [0.1, 0.15) is 22.3 Å². The first-order valence-electron chi connectivity index (χ1n) is 14.3.